The number of carboxylic acid groups (broad SMARTS) is 1. The van der Waals surface area contributed by atoms with E-state index in [1.165, 1.54) is 43.5 Å². The van der Waals surface area contributed by atoms with Crippen molar-refractivity contribution in [2.24, 2.45) is 0 Å². The third-order valence-corrected chi connectivity index (χ3v) is 2.64. The number of hydrogen-bond donors (Lipinski definition) is 2. The first-order chi connectivity index (χ1) is 9.06. The zero-order valence-corrected chi connectivity index (χ0v) is 10.0. The van der Waals surface area contributed by atoms with Crippen molar-refractivity contribution in [2.75, 3.05) is 7.11 Å². The van der Waals surface area contributed by atoms with E-state index in [4.69, 9.17) is 9.84 Å². The van der Waals surface area contributed by atoms with Crippen LogP contribution in [0.5, 0.6) is 5.75 Å². The molecule has 0 bridgehead atoms. The van der Waals surface area contributed by atoms with Crippen molar-refractivity contribution in [3.05, 3.63) is 47.9 Å². The van der Waals surface area contributed by atoms with E-state index in [-0.39, 0.29) is 22.7 Å². The van der Waals surface area contributed by atoms with Crippen LogP contribution in [0.3, 0.4) is 0 Å². The van der Waals surface area contributed by atoms with Crippen LogP contribution < -0.4 is 9.47 Å². The molecule has 19 heavy (non-hydrogen) atoms. The molecular formula is C13H11FNO4+. The summed E-state index contributed by atoms with van der Waals surface area (Å²) in [5.41, 5.74) is -0.381. The highest BCUT2D eigenvalue weighted by molar-refractivity contribution is 5.84. The molecule has 1 aromatic carbocycles. The lowest BCUT2D eigenvalue weighted by molar-refractivity contribution is -0.897. The van der Waals surface area contributed by atoms with Crippen LogP contribution in [0.2, 0.25) is 0 Å². The van der Waals surface area contributed by atoms with E-state index in [1.54, 1.807) is 0 Å². The van der Waals surface area contributed by atoms with E-state index in [9.17, 15) is 14.4 Å². The smallest absolute Gasteiger partial charge is 0.406 e. The molecule has 0 saturated carbocycles. The van der Waals surface area contributed by atoms with Gasteiger partial charge in [-0.3, -0.25) is 5.21 Å². The molecule has 2 rings (SSSR count). The normalized spacial score (nSPS) is 10.2. The fourth-order valence-corrected chi connectivity index (χ4v) is 1.78. The topological polar surface area (TPSA) is 70.6 Å². The van der Waals surface area contributed by atoms with E-state index in [0.29, 0.717) is 4.73 Å². The molecule has 0 amide bonds. The van der Waals surface area contributed by atoms with Crippen LogP contribution in [0.15, 0.2) is 36.4 Å². The van der Waals surface area contributed by atoms with Gasteiger partial charge in [0.1, 0.15) is 17.1 Å². The van der Waals surface area contributed by atoms with Gasteiger partial charge in [-0.25, -0.2) is 9.18 Å². The molecule has 6 heteroatoms. The summed E-state index contributed by atoms with van der Waals surface area (Å²) >= 11 is 0. The van der Waals surface area contributed by atoms with Crippen LogP contribution in [0, 0.1) is 5.82 Å². The summed E-state index contributed by atoms with van der Waals surface area (Å²) < 4.78 is 19.3. The summed E-state index contributed by atoms with van der Waals surface area (Å²) in [6.45, 7) is 0. The highest BCUT2D eigenvalue weighted by Gasteiger charge is 2.27. The quantitative estimate of drug-likeness (QED) is 0.654. The molecule has 2 aromatic rings. The van der Waals surface area contributed by atoms with Crippen LogP contribution in [0.1, 0.15) is 10.5 Å². The van der Waals surface area contributed by atoms with Gasteiger partial charge in [-0.1, -0.05) is 6.07 Å². The second-order valence-electron chi connectivity index (χ2n) is 3.73. The molecule has 0 spiro atoms. The molecule has 0 atom stereocenters. The molecule has 0 unspecified atom stereocenters. The van der Waals surface area contributed by atoms with Crippen molar-refractivity contribution in [3.8, 4) is 17.0 Å². The highest BCUT2D eigenvalue weighted by Crippen LogP contribution is 2.30. The van der Waals surface area contributed by atoms with Gasteiger partial charge in [0.05, 0.1) is 7.11 Å². The number of halogens is 1. The lowest BCUT2D eigenvalue weighted by Crippen LogP contribution is -2.40. The number of nitrogens with zero attached hydrogens (tertiary/aromatic N) is 1. The zero-order valence-electron chi connectivity index (χ0n) is 10.0. The Hall–Kier alpha value is -2.63. The van der Waals surface area contributed by atoms with Crippen molar-refractivity contribution >= 4 is 5.97 Å². The summed E-state index contributed by atoms with van der Waals surface area (Å²) in [6.07, 6.45) is 0. The maximum absolute atomic E-state index is 13.9. The standard InChI is InChI=1S/C13H10FNO4/c1-19-11-7-2-4-8(14)12(11)9-5-3-6-10(13(16)17)15(9)18/h2-7H,1H3,(H-,16,17,18)/p+1. The number of aromatic carboxylic acids is 1. The van der Waals surface area contributed by atoms with Gasteiger partial charge in [0.2, 0.25) is 0 Å². The second-order valence-corrected chi connectivity index (χ2v) is 3.73. The van der Waals surface area contributed by atoms with E-state index >= 15 is 0 Å². The number of methoxy groups -OCH3 is 1. The Morgan fingerprint density at radius 1 is 1.26 bits per heavy atom. The predicted octanol–water partition coefficient (Wildman–Crippen LogP) is 1.72. The Morgan fingerprint density at radius 2 is 1.95 bits per heavy atom. The van der Waals surface area contributed by atoms with Crippen molar-refractivity contribution in [2.45, 2.75) is 0 Å². The van der Waals surface area contributed by atoms with Crippen molar-refractivity contribution in [3.63, 3.8) is 0 Å². The van der Waals surface area contributed by atoms with E-state index < -0.39 is 11.8 Å². The highest BCUT2D eigenvalue weighted by atomic mass is 19.1. The molecule has 0 saturated heterocycles. The molecule has 1 aromatic heterocycles. The van der Waals surface area contributed by atoms with Gasteiger partial charge in [0, 0.05) is 16.9 Å². The van der Waals surface area contributed by atoms with Gasteiger partial charge in [-0.05, 0) is 18.2 Å². The fourth-order valence-electron chi connectivity index (χ4n) is 1.78. The molecule has 0 aliphatic rings. The lowest BCUT2D eigenvalue weighted by atomic mass is 10.1. The number of benzene rings is 1. The number of hydrogen-bond acceptors (Lipinski definition) is 3. The Bertz CT molecular complexity index is 643. The third-order valence-electron chi connectivity index (χ3n) is 2.64. The van der Waals surface area contributed by atoms with Gasteiger partial charge in [-0.2, -0.15) is 0 Å². The van der Waals surface area contributed by atoms with Crippen molar-refractivity contribution < 1.29 is 29.0 Å². The van der Waals surface area contributed by atoms with Crippen molar-refractivity contribution in [1.29, 1.82) is 0 Å². The third kappa shape index (κ3) is 2.20. The number of ether oxygens (including phenoxy) is 1. The Morgan fingerprint density at radius 3 is 2.58 bits per heavy atom. The maximum atomic E-state index is 13.9. The SMILES string of the molecule is COc1cccc(F)c1-c1cccc(C(=O)O)[n+]1O. The van der Waals surface area contributed by atoms with Gasteiger partial charge in [0.15, 0.2) is 0 Å². The molecule has 1 heterocycles. The van der Waals surface area contributed by atoms with E-state index in [1.807, 2.05) is 0 Å². The fraction of sp³-hybridized carbons (Fsp3) is 0.0769. The summed E-state index contributed by atoms with van der Waals surface area (Å²) in [5.74, 6) is -1.74. The molecule has 2 N–H and O–H groups in total. The monoisotopic (exact) mass is 264 g/mol. The molecular weight excluding hydrogens is 253 g/mol. The summed E-state index contributed by atoms with van der Waals surface area (Å²) in [6, 6.07) is 8.20. The molecule has 0 aliphatic heterocycles. The Kier molecular flexibility index (Phi) is 3.33. The first-order valence-corrected chi connectivity index (χ1v) is 5.36. The minimum atomic E-state index is -1.32. The minimum absolute atomic E-state index is 0.00407. The predicted molar refractivity (Wildman–Crippen MR) is 62.7 cm³/mol. The second kappa shape index (κ2) is 4.93. The molecule has 98 valence electrons. The minimum Gasteiger partial charge on any atom is -0.496 e. The average molecular weight is 264 g/mol. The lowest BCUT2D eigenvalue weighted by Gasteiger charge is -2.06. The first-order valence-electron chi connectivity index (χ1n) is 5.36. The average Bonchev–Trinajstić information content (AvgIpc) is 2.39. The molecule has 5 nitrogen and oxygen atoms in total. The Labute approximate surface area is 108 Å². The van der Waals surface area contributed by atoms with Crippen molar-refractivity contribution in [1.82, 2.24) is 0 Å². The maximum Gasteiger partial charge on any atom is 0.406 e. The van der Waals surface area contributed by atoms with Crippen LogP contribution >= 0.6 is 0 Å². The summed E-state index contributed by atoms with van der Waals surface area (Å²) in [4.78, 5) is 10.9. The molecule has 0 aliphatic carbocycles. The number of pyridine rings is 1. The van der Waals surface area contributed by atoms with Crippen LogP contribution in [-0.4, -0.2) is 23.4 Å². The Balaban J connectivity index is 2.73. The number of carboxylic acids is 1. The summed E-state index contributed by atoms with van der Waals surface area (Å²) in [7, 11) is 1.36. The van der Waals surface area contributed by atoms with Gasteiger partial charge >= 0.3 is 11.7 Å². The zero-order chi connectivity index (χ0) is 14.0. The van der Waals surface area contributed by atoms with Gasteiger partial charge in [0.25, 0.3) is 5.69 Å². The molecule has 0 radical (unpaired) electrons. The van der Waals surface area contributed by atoms with Crippen LogP contribution in [-0.2, 0) is 0 Å². The number of aromatic nitrogens is 1. The van der Waals surface area contributed by atoms with Crippen LogP contribution in [0.25, 0.3) is 11.3 Å². The van der Waals surface area contributed by atoms with Gasteiger partial charge < -0.3 is 9.84 Å². The summed E-state index contributed by atoms with van der Waals surface area (Å²) in [5, 5.41) is 18.8. The first kappa shape index (κ1) is 12.8. The van der Waals surface area contributed by atoms with E-state index in [2.05, 4.69) is 0 Å². The van der Waals surface area contributed by atoms with E-state index in [0.717, 1.165) is 0 Å². The largest absolute Gasteiger partial charge is 0.496 e. The number of carbonyl (C=O) groups is 1. The molecule has 0 fully saturated rings. The van der Waals surface area contributed by atoms with Gasteiger partial charge in [-0.15, -0.1) is 0 Å². The number of rotatable bonds is 3. The van der Waals surface area contributed by atoms with Crippen LogP contribution in [0.4, 0.5) is 4.39 Å².